The molecule has 2 unspecified atom stereocenters. The van der Waals surface area contributed by atoms with Crippen molar-refractivity contribution in [2.45, 2.75) is 39.3 Å². The lowest BCUT2D eigenvalue weighted by Crippen LogP contribution is -2.30. The van der Waals surface area contributed by atoms with Crippen LogP contribution in [0.25, 0.3) is 5.82 Å². The van der Waals surface area contributed by atoms with E-state index in [1.807, 2.05) is 42.7 Å². The van der Waals surface area contributed by atoms with Gasteiger partial charge in [0, 0.05) is 30.3 Å². The van der Waals surface area contributed by atoms with E-state index < -0.39 is 0 Å². The highest BCUT2D eigenvalue weighted by Gasteiger charge is 2.40. The molecular weight excluding hydrogens is 366 g/mol. The summed E-state index contributed by atoms with van der Waals surface area (Å²) < 4.78 is 2.22. The van der Waals surface area contributed by atoms with Gasteiger partial charge in [-0.1, -0.05) is 19.1 Å². The Bertz CT molecular complexity index is 967. The van der Waals surface area contributed by atoms with Gasteiger partial charge in [0.1, 0.15) is 5.82 Å². The summed E-state index contributed by atoms with van der Waals surface area (Å²) in [6, 6.07) is 14.5. The summed E-state index contributed by atoms with van der Waals surface area (Å²) in [6.07, 6.45) is 4.71. The number of aromatic nitrogens is 3. The third-order valence-electron chi connectivity index (χ3n) is 5.33. The van der Waals surface area contributed by atoms with Crippen molar-refractivity contribution in [1.82, 2.24) is 24.8 Å². The van der Waals surface area contributed by atoms with Gasteiger partial charge in [0.05, 0.1) is 17.8 Å². The maximum Gasteiger partial charge on any atom is 0.170 e. The molecule has 1 N–H and O–H groups in total. The van der Waals surface area contributed by atoms with Crippen molar-refractivity contribution in [3.63, 3.8) is 0 Å². The summed E-state index contributed by atoms with van der Waals surface area (Å²) >= 11 is 5.70. The highest BCUT2D eigenvalue weighted by atomic mass is 32.1. The van der Waals surface area contributed by atoms with Crippen molar-refractivity contribution in [2.24, 2.45) is 0 Å². The first-order valence-electron chi connectivity index (χ1n) is 9.70. The maximum absolute atomic E-state index is 5.70. The van der Waals surface area contributed by atoms with Crippen molar-refractivity contribution < 1.29 is 0 Å². The second-order valence-electron chi connectivity index (χ2n) is 7.17. The Morgan fingerprint density at radius 3 is 2.46 bits per heavy atom. The number of pyridine rings is 2. The first kappa shape index (κ1) is 18.6. The van der Waals surface area contributed by atoms with Crippen LogP contribution in [-0.2, 0) is 0 Å². The van der Waals surface area contributed by atoms with Crippen molar-refractivity contribution in [3.8, 4) is 5.82 Å². The predicted octanol–water partition coefficient (Wildman–Crippen LogP) is 4.27. The molecule has 2 atom stereocenters. The molecule has 4 heterocycles. The molecule has 0 aliphatic carbocycles. The van der Waals surface area contributed by atoms with Gasteiger partial charge in [-0.25, -0.2) is 4.98 Å². The lowest BCUT2D eigenvalue weighted by atomic mass is 9.96. The molecule has 1 fully saturated rings. The number of nitrogens with zero attached hydrogens (tertiary/aromatic N) is 4. The van der Waals surface area contributed by atoms with E-state index in [4.69, 9.17) is 12.2 Å². The maximum atomic E-state index is 5.70. The molecule has 5 nitrogen and oxygen atoms in total. The lowest BCUT2D eigenvalue weighted by molar-refractivity contribution is 0.316. The van der Waals surface area contributed by atoms with Crippen LogP contribution in [0.15, 0.2) is 54.9 Å². The Kier molecular flexibility index (Phi) is 5.13. The van der Waals surface area contributed by atoms with Crippen molar-refractivity contribution in [3.05, 3.63) is 77.5 Å². The molecule has 1 aliphatic rings. The van der Waals surface area contributed by atoms with Gasteiger partial charge in [0.2, 0.25) is 0 Å². The van der Waals surface area contributed by atoms with Crippen LogP contribution in [0.2, 0.25) is 0 Å². The Hall–Kier alpha value is -2.73. The molecule has 0 saturated carbocycles. The molecule has 4 rings (SSSR count). The van der Waals surface area contributed by atoms with E-state index in [2.05, 4.69) is 57.7 Å². The van der Waals surface area contributed by atoms with E-state index in [0.29, 0.717) is 0 Å². The van der Waals surface area contributed by atoms with Crippen molar-refractivity contribution >= 4 is 17.3 Å². The summed E-state index contributed by atoms with van der Waals surface area (Å²) in [4.78, 5) is 11.5. The summed E-state index contributed by atoms with van der Waals surface area (Å²) in [7, 11) is 0. The summed E-state index contributed by atoms with van der Waals surface area (Å²) in [5.41, 5.74) is 4.63. The monoisotopic (exact) mass is 391 g/mol. The van der Waals surface area contributed by atoms with Crippen LogP contribution in [0.1, 0.15) is 48.1 Å². The lowest BCUT2D eigenvalue weighted by Gasteiger charge is -2.27. The smallest absolute Gasteiger partial charge is 0.170 e. The van der Waals surface area contributed by atoms with Crippen LogP contribution in [-0.4, -0.2) is 31.1 Å². The summed E-state index contributed by atoms with van der Waals surface area (Å²) in [6.45, 7) is 7.39. The van der Waals surface area contributed by atoms with E-state index in [-0.39, 0.29) is 12.1 Å². The van der Waals surface area contributed by atoms with Gasteiger partial charge in [-0.05, 0) is 68.4 Å². The van der Waals surface area contributed by atoms with E-state index in [0.717, 1.165) is 29.6 Å². The van der Waals surface area contributed by atoms with Gasteiger partial charge in [-0.2, -0.15) is 0 Å². The van der Waals surface area contributed by atoms with Crippen molar-refractivity contribution in [1.29, 1.82) is 0 Å². The van der Waals surface area contributed by atoms with E-state index >= 15 is 0 Å². The summed E-state index contributed by atoms with van der Waals surface area (Å²) in [5, 5.41) is 4.32. The van der Waals surface area contributed by atoms with Crippen LogP contribution in [0.5, 0.6) is 0 Å². The zero-order valence-corrected chi connectivity index (χ0v) is 17.3. The fourth-order valence-electron chi connectivity index (χ4n) is 4.15. The molecule has 6 heteroatoms. The van der Waals surface area contributed by atoms with Crippen LogP contribution >= 0.6 is 12.2 Å². The van der Waals surface area contributed by atoms with Gasteiger partial charge in [0.25, 0.3) is 0 Å². The van der Waals surface area contributed by atoms with Gasteiger partial charge < -0.3 is 14.8 Å². The highest BCUT2D eigenvalue weighted by Crippen LogP contribution is 2.41. The molecule has 144 valence electrons. The quantitative estimate of drug-likeness (QED) is 0.658. The number of nitrogens with one attached hydrogen (secondary N) is 1. The Morgan fingerprint density at radius 2 is 1.82 bits per heavy atom. The van der Waals surface area contributed by atoms with Gasteiger partial charge in [-0.3, -0.25) is 4.98 Å². The Labute approximate surface area is 171 Å². The molecule has 28 heavy (non-hydrogen) atoms. The molecule has 1 aliphatic heterocycles. The minimum atomic E-state index is 0.0259. The number of aryl methyl sites for hydroxylation is 1. The molecular formula is C22H25N5S. The SMILES string of the molecule is CCCN1C(=S)NC(c2ccccn2)C1c1cc(C)n(-c2ccccn2)c1C. The second kappa shape index (κ2) is 7.72. The van der Waals surface area contributed by atoms with E-state index in [1.165, 1.54) is 17.0 Å². The average molecular weight is 392 g/mol. The minimum Gasteiger partial charge on any atom is -0.352 e. The average Bonchev–Trinajstić information content (AvgIpc) is 3.19. The molecule has 0 amide bonds. The molecule has 3 aromatic heterocycles. The van der Waals surface area contributed by atoms with Crippen LogP contribution in [0, 0.1) is 13.8 Å². The topological polar surface area (TPSA) is 46.0 Å². The van der Waals surface area contributed by atoms with Crippen LogP contribution in [0.3, 0.4) is 0 Å². The minimum absolute atomic E-state index is 0.0259. The molecule has 3 aromatic rings. The van der Waals surface area contributed by atoms with Crippen molar-refractivity contribution in [2.75, 3.05) is 6.54 Å². The number of hydrogen-bond donors (Lipinski definition) is 1. The zero-order chi connectivity index (χ0) is 19.7. The van der Waals surface area contributed by atoms with E-state index in [9.17, 15) is 0 Å². The normalized spacial score (nSPS) is 19.1. The summed E-state index contributed by atoms with van der Waals surface area (Å²) in [5.74, 6) is 0.939. The van der Waals surface area contributed by atoms with Crippen LogP contribution in [0.4, 0.5) is 0 Å². The largest absolute Gasteiger partial charge is 0.352 e. The molecule has 0 bridgehead atoms. The van der Waals surface area contributed by atoms with Gasteiger partial charge >= 0.3 is 0 Å². The first-order valence-corrected chi connectivity index (χ1v) is 10.1. The molecule has 1 saturated heterocycles. The molecule has 0 radical (unpaired) electrons. The van der Waals surface area contributed by atoms with Crippen LogP contribution < -0.4 is 5.32 Å². The number of rotatable bonds is 5. The second-order valence-corrected chi connectivity index (χ2v) is 7.56. The van der Waals surface area contributed by atoms with Gasteiger partial charge in [-0.15, -0.1) is 0 Å². The standard InChI is InChI=1S/C22H25N5S/c1-4-13-26-21(20(25-22(26)28)18-9-5-7-11-23-18)17-14-15(2)27(16(17)3)19-10-6-8-12-24-19/h5-12,14,20-21H,4,13H2,1-3H3,(H,25,28). The number of thiocarbonyl (C=S) groups is 1. The predicted molar refractivity (Wildman–Crippen MR) is 115 cm³/mol. The molecule has 0 spiro atoms. The fourth-order valence-corrected chi connectivity index (χ4v) is 4.48. The van der Waals surface area contributed by atoms with E-state index in [1.54, 1.807) is 0 Å². The zero-order valence-electron chi connectivity index (χ0n) is 16.5. The highest BCUT2D eigenvalue weighted by molar-refractivity contribution is 7.80. The third-order valence-corrected chi connectivity index (χ3v) is 5.68. The fraction of sp³-hybridized carbons (Fsp3) is 0.318. The van der Waals surface area contributed by atoms with Gasteiger partial charge in [0.15, 0.2) is 5.11 Å². The number of hydrogen-bond acceptors (Lipinski definition) is 3. The first-order chi connectivity index (χ1) is 13.6. The Balaban J connectivity index is 1.83. The Morgan fingerprint density at radius 1 is 1.07 bits per heavy atom. The molecule has 0 aromatic carbocycles. The third kappa shape index (κ3) is 3.18.